The third-order valence-corrected chi connectivity index (χ3v) is 8.09. The number of hydrogen-bond donors (Lipinski definition) is 1. The van der Waals surface area contributed by atoms with Crippen LogP contribution in [0.1, 0.15) is 50.3 Å². The molecule has 5 rings (SSSR count). The zero-order chi connectivity index (χ0) is 30.3. The molecule has 1 atom stereocenters. The number of ether oxygens (including phenoxy) is 3. The third-order valence-electron chi connectivity index (χ3n) is 7.07. The van der Waals surface area contributed by atoms with Crippen LogP contribution < -0.4 is 19.1 Å². The quantitative estimate of drug-likeness (QED) is 0.126. The van der Waals surface area contributed by atoms with Crippen molar-refractivity contribution in [2.75, 3.05) is 25.2 Å². The summed E-state index contributed by atoms with van der Waals surface area (Å²) >= 11 is 1.28. The van der Waals surface area contributed by atoms with Crippen LogP contribution in [0.4, 0.5) is 5.13 Å². The van der Waals surface area contributed by atoms with E-state index in [4.69, 9.17) is 19.2 Å². The van der Waals surface area contributed by atoms with E-state index < -0.39 is 23.5 Å². The van der Waals surface area contributed by atoms with E-state index in [2.05, 4.69) is 6.92 Å². The van der Waals surface area contributed by atoms with Gasteiger partial charge in [0.15, 0.2) is 28.2 Å². The van der Waals surface area contributed by atoms with Crippen molar-refractivity contribution in [3.05, 3.63) is 95.3 Å². The molecule has 1 aliphatic heterocycles. The molecule has 2 heterocycles. The van der Waals surface area contributed by atoms with E-state index in [0.29, 0.717) is 46.7 Å². The van der Waals surface area contributed by atoms with Gasteiger partial charge < -0.3 is 19.3 Å². The average Bonchev–Trinajstić information content (AvgIpc) is 3.56. The van der Waals surface area contributed by atoms with Gasteiger partial charge in [-0.1, -0.05) is 73.6 Å². The molecular weight excluding hydrogens is 564 g/mol. The number of thiazole rings is 1. The van der Waals surface area contributed by atoms with Crippen molar-refractivity contribution in [2.45, 2.75) is 39.2 Å². The minimum Gasteiger partial charge on any atom is -0.503 e. The average molecular weight is 599 g/mol. The summed E-state index contributed by atoms with van der Waals surface area (Å²) in [5.41, 5.74) is 2.02. The first kappa shape index (κ1) is 29.8. The van der Waals surface area contributed by atoms with Crippen molar-refractivity contribution in [3.8, 4) is 17.2 Å². The molecule has 1 aromatic heterocycles. The molecular formula is C34H34N2O6S. The fourth-order valence-corrected chi connectivity index (χ4v) is 5.98. The summed E-state index contributed by atoms with van der Waals surface area (Å²) in [4.78, 5) is 33.4. The maximum atomic E-state index is 13.7. The molecule has 1 unspecified atom stereocenters. The summed E-state index contributed by atoms with van der Waals surface area (Å²) in [5, 5.41) is 11.5. The number of allylic oxidation sites excluding steroid dienone is 1. The molecule has 0 bridgehead atoms. The van der Waals surface area contributed by atoms with Crippen molar-refractivity contribution >= 4 is 44.5 Å². The first-order valence-electron chi connectivity index (χ1n) is 14.3. The van der Waals surface area contributed by atoms with Gasteiger partial charge in [-0.05, 0) is 60.9 Å². The Balaban J connectivity index is 1.57. The van der Waals surface area contributed by atoms with Gasteiger partial charge in [0.2, 0.25) is 0 Å². The summed E-state index contributed by atoms with van der Waals surface area (Å²) in [5.74, 6) is -0.0838. The van der Waals surface area contributed by atoms with Gasteiger partial charge in [-0.2, -0.15) is 0 Å². The van der Waals surface area contributed by atoms with E-state index in [-0.39, 0.29) is 5.57 Å². The smallest absolute Gasteiger partial charge is 0.296 e. The largest absolute Gasteiger partial charge is 0.503 e. The number of aromatic nitrogens is 1. The van der Waals surface area contributed by atoms with Gasteiger partial charge in [0, 0.05) is 0 Å². The molecule has 0 radical (unpaired) electrons. The molecule has 0 saturated carbocycles. The number of aliphatic hydroxyl groups is 1. The number of nitrogens with zero attached hydrogens (tertiary/aromatic N) is 2. The van der Waals surface area contributed by atoms with Gasteiger partial charge in [-0.3, -0.25) is 14.5 Å². The summed E-state index contributed by atoms with van der Waals surface area (Å²) in [7, 11) is 1.54. The van der Waals surface area contributed by atoms with E-state index in [0.717, 1.165) is 29.5 Å². The first-order valence-corrected chi connectivity index (χ1v) is 15.1. The van der Waals surface area contributed by atoms with Gasteiger partial charge in [0.25, 0.3) is 5.91 Å². The Hall–Kier alpha value is -4.63. The molecule has 0 aliphatic carbocycles. The number of unbranched alkanes of at least 4 members (excludes halogenated alkanes) is 2. The number of fused-ring (bicyclic) bond motifs is 1. The zero-order valence-corrected chi connectivity index (χ0v) is 25.2. The predicted molar refractivity (Wildman–Crippen MR) is 169 cm³/mol. The van der Waals surface area contributed by atoms with Gasteiger partial charge in [0.05, 0.1) is 42.2 Å². The van der Waals surface area contributed by atoms with Crippen molar-refractivity contribution in [3.63, 3.8) is 0 Å². The lowest BCUT2D eigenvalue weighted by Crippen LogP contribution is -2.30. The molecule has 1 amide bonds. The highest BCUT2D eigenvalue weighted by atomic mass is 32.1. The number of ketones is 1. The molecule has 0 fully saturated rings. The van der Waals surface area contributed by atoms with E-state index in [1.165, 1.54) is 22.3 Å². The number of benzene rings is 3. The lowest BCUT2D eigenvalue weighted by atomic mass is 9.95. The van der Waals surface area contributed by atoms with Gasteiger partial charge in [0.1, 0.15) is 5.75 Å². The van der Waals surface area contributed by atoms with Crippen LogP contribution in [0.5, 0.6) is 17.2 Å². The molecule has 3 aromatic carbocycles. The Bertz CT molecular complexity index is 1680. The molecule has 1 N–H and O–H groups in total. The Morgan fingerprint density at radius 3 is 2.58 bits per heavy atom. The highest BCUT2D eigenvalue weighted by molar-refractivity contribution is 7.22. The normalized spacial score (nSPS) is 15.1. The van der Waals surface area contributed by atoms with Crippen LogP contribution in [0, 0.1) is 0 Å². The number of methoxy groups -OCH3 is 1. The summed E-state index contributed by atoms with van der Waals surface area (Å²) in [6.45, 7) is 5.10. The van der Waals surface area contributed by atoms with Crippen LogP contribution in [0.2, 0.25) is 0 Å². The van der Waals surface area contributed by atoms with E-state index in [9.17, 15) is 14.7 Å². The standard InChI is InChI=1S/C34H34N2O6S/c1-4-6-10-19-42-27-18-14-23(20-28(27)40-3)31-30(26(37)17-13-22-11-8-7-9-12-22)32(38)33(39)36(31)34-35-25-16-15-24(41-5-2)21-29(25)43-34/h7-9,11-18,20-21,31,38H,4-6,10,19H2,1-3H3/b17-13+. The molecule has 0 spiro atoms. The van der Waals surface area contributed by atoms with Gasteiger partial charge in [-0.15, -0.1) is 0 Å². The fraction of sp³-hybridized carbons (Fsp3) is 0.265. The topological polar surface area (TPSA) is 98.2 Å². The van der Waals surface area contributed by atoms with Crippen LogP contribution in [-0.4, -0.2) is 42.1 Å². The maximum absolute atomic E-state index is 13.7. The molecule has 222 valence electrons. The number of hydrogen-bond acceptors (Lipinski definition) is 8. The summed E-state index contributed by atoms with van der Waals surface area (Å²) in [6, 6.07) is 19.2. The Morgan fingerprint density at radius 2 is 1.84 bits per heavy atom. The van der Waals surface area contributed by atoms with Gasteiger partial charge >= 0.3 is 0 Å². The predicted octanol–water partition coefficient (Wildman–Crippen LogP) is 7.46. The number of amides is 1. The van der Waals surface area contributed by atoms with Gasteiger partial charge in [-0.25, -0.2) is 4.98 Å². The first-order chi connectivity index (χ1) is 20.9. The van der Waals surface area contributed by atoms with Crippen molar-refractivity contribution in [1.29, 1.82) is 0 Å². The highest BCUT2D eigenvalue weighted by Gasteiger charge is 2.45. The molecule has 8 nitrogen and oxygen atoms in total. The van der Waals surface area contributed by atoms with Crippen LogP contribution in [0.25, 0.3) is 16.3 Å². The lowest BCUT2D eigenvalue weighted by molar-refractivity contribution is -0.117. The molecule has 43 heavy (non-hydrogen) atoms. The van der Waals surface area contributed by atoms with E-state index in [1.54, 1.807) is 31.4 Å². The number of anilines is 1. The second-order valence-electron chi connectivity index (χ2n) is 9.97. The summed E-state index contributed by atoms with van der Waals surface area (Å²) < 4.78 is 18.1. The number of carbonyl (C=O) groups is 2. The minimum absolute atomic E-state index is 0.0369. The van der Waals surface area contributed by atoms with Crippen molar-refractivity contribution in [2.24, 2.45) is 0 Å². The number of rotatable bonds is 13. The SMILES string of the molecule is CCCCCOc1ccc(C2C(C(=O)/C=C/c3ccccc3)=C(O)C(=O)N2c2nc3ccc(OCC)cc3s2)cc1OC. The number of carbonyl (C=O) groups excluding carboxylic acids is 2. The third kappa shape index (κ3) is 6.41. The van der Waals surface area contributed by atoms with Crippen LogP contribution >= 0.6 is 11.3 Å². The van der Waals surface area contributed by atoms with Crippen LogP contribution in [0.15, 0.2) is 84.1 Å². The highest BCUT2D eigenvalue weighted by Crippen LogP contribution is 2.45. The second-order valence-corrected chi connectivity index (χ2v) is 11.0. The fourth-order valence-electron chi connectivity index (χ4n) is 4.96. The zero-order valence-electron chi connectivity index (χ0n) is 24.4. The van der Waals surface area contributed by atoms with Crippen LogP contribution in [-0.2, 0) is 9.59 Å². The maximum Gasteiger partial charge on any atom is 0.296 e. The molecule has 1 aliphatic rings. The summed E-state index contributed by atoms with van der Waals surface area (Å²) in [6.07, 6.45) is 6.08. The van der Waals surface area contributed by atoms with E-state index >= 15 is 0 Å². The Kier molecular flexibility index (Phi) is 9.41. The minimum atomic E-state index is -0.949. The van der Waals surface area contributed by atoms with Crippen LogP contribution in [0.3, 0.4) is 0 Å². The molecule has 9 heteroatoms. The van der Waals surface area contributed by atoms with E-state index in [1.807, 2.05) is 55.5 Å². The molecule has 0 saturated heterocycles. The van der Waals surface area contributed by atoms with Crippen molar-refractivity contribution < 1.29 is 28.9 Å². The Labute approximate surface area is 254 Å². The number of aliphatic hydroxyl groups excluding tert-OH is 1. The molecule has 4 aromatic rings. The second kappa shape index (κ2) is 13.6. The lowest BCUT2D eigenvalue weighted by Gasteiger charge is -2.25. The Morgan fingerprint density at radius 1 is 1.02 bits per heavy atom. The van der Waals surface area contributed by atoms with Crippen molar-refractivity contribution in [1.82, 2.24) is 4.98 Å². The monoisotopic (exact) mass is 598 g/mol.